The number of nitrogens with one attached hydrogen (secondary N) is 1. The number of carbonyl (C=O) groups is 1. The summed E-state index contributed by atoms with van der Waals surface area (Å²) in [6.07, 6.45) is 1.14. The van der Waals surface area contributed by atoms with E-state index in [0.29, 0.717) is 30.4 Å². The number of ether oxygens (including phenoxy) is 3. The molecule has 7 nitrogen and oxygen atoms in total. The largest absolute Gasteiger partial charge is 0.486 e. The van der Waals surface area contributed by atoms with Gasteiger partial charge in [-0.05, 0) is 17.7 Å². The normalized spacial score (nSPS) is 12.3. The third-order valence-electron chi connectivity index (χ3n) is 4.06. The summed E-state index contributed by atoms with van der Waals surface area (Å²) in [6, 6.07) is 15.6. The minimum Gasteiger partial charge on any atom is -0.486 e. The van der Waals surface area contributed by atoms with Crippen molar-refractivity contribution in [3.05, 3.63) is 82.4 Å². The predicted molar refractivity (Wildman–Crippen MR) is 101 cm³/mol. The molecule has 0 saturated heterocycles. The van der Waals surface area contributed by atoms with E-state index in [1.165, 1.54) is 0 Å². The summed E-state index contributed by atoms with van der Waals surface area (Å²) in [6.45, 7) is 1.17. The van der Waals surface area contributed by atoms with E-state index in [0.717, 1.165) is 17.9 Å². The second kappa shape index (κ2) is 7.87. The molecule has 2 aromatic carbocycles. The zero-order valence-electron chi connectivity index (χ0n) is 14.8. The third kappa shape index (κ3) is 3.98. The number of anilines is 1. The minimum atomic E-state index is -0.552. The maximum atomic E-state index is 12.4. The molecule has 0 radical (unpaired) electrons. The Kier molecular flexibility index (Phi) is 4.97. The second-order valence-electron chi connectivity index (χ2n) is 6.06. The Hall–Kier alpha value is -3.74. The molecule has 1 aliphatic rings. The van der Waals surface area contributed by atoms with Gasteiger partial charge in [0.25, 0.3) is 5.91 Å². The topological polar surface area (TPSA) is 87.0 Å². The van der Waals surface area contributed by atoms with Crippen molar-refractivity contribution in [3.8, 4) is 17.2 Å². The average Bonchev–Trinajstić information content (AvgIpc) is 2.73. The number of fused-ring (bicyclic) bond motifs is 1. The SMILES string of the molecule is O=C(Nc1ccc2c(c1)OCCO2)c1cc(=O)c(OCc2ccccc2)co1. The van der Waals surface area contributed by atoms with Crippen LogP contribution in [0.2, 0.25) is 0 Å². The number of carbonyl (C=O) groups excluding carboxylic acids is 1. The molecule has 0 atom stereocenters. The van der Waals surface area contributed by atoms with Crippen LogP contribution in [0.15, 0.2) is 70.1 Å². The maximum absolute atomic E-state index is 12.4. The van der Waals surface area contributed by atoms with E-state index in [1.807, 2.05) is 30.3 Å². The third-order valence-corrected chi connectivity index (χ3v) is 4.06. The first-order chi connectivity index (χ1) is 13.7. The van der Waals surface area contributed by atoms with E-state index in [2.05, 4.69) is 5.32 Å². The zero-order valence-corrected chi connectivity index (χ0v) is 14.8. The van der Waals surface area contributed by atoms with Crippen LogP contribution in [0.4, 0.5) is 5.69 Å². The highest BCUT2D eigenvalue weighted by Gasteiger charge is 2.16. The van der Waals surface area contributed by atoms with Crippen molar-refractivity contribution in [1.29, 1.82) is 0 Å². The molecule has 2 heterocycles. The van der Waals surface area contributed by atoms with Crippen LogP contribution in [-0.4, -0.2) is 19.1 Å². The van der Waals surface area contributed by atoms with Crippen molar-refractivity contribution < 1.29 is 23.4 Å². The molecule has 142 valence electrons. The number of rotatable bonds is 5. The molecule has 28 heavy (non-hydrogen) atoms. The van der Waals surface area contributed by atoms with Crippen molar-refractivity contribution >= 4 is 11.6 Å². The van der Waals surface area contributed by atoms with Gasteiger partial charge >= 0.3 is 0 Å². The minimum absolute atomic E-state index is 0.0414. The van der Waals surface area contributed by atoms with Crippen LogP contribution < -0.4 is 25.0 Å². The van der Waals surface area contributed by atoms with Crippen LogP contribution in [-0.2, 0) is 6.61 Å². The highest BCUT2D eigenvalue weighted by atomic mass is 16.6. The summed E-state index contributed by atoms with van der Waals surface area (Å²) < 4.78 is 21.7. The van der Waals surface area contributed by atoms with E-state index in [-0.39, 0.29) is 18.1 Å². The van der Waals surface area contributed by atoms with Crippen LogP contribution in [0.25, 0.3) is 0 Å². The molecule has 1 N–H and O–H groups in total. The summed E-state index contributed by atoms with van der Waals surface area (Å²) in [5.41, 5.74) is 0.984. The van der Waals surface area contributed by atoms with E-state index < -0.39 is 11.3 Å². The van der Waals surface area contributed by atoms with Gasteiger partial charge in [0.2, 0.25) is 11.2 Å². The molecule has 0 fully saturated rings. The van der Waals surface area contributed by atoms with Crippen molar-refractivity contribution in [2.75, 3.05) is 18.5 Å². The van der Waals surface area contributed by atoms with Crippen LogP contribution in [0, 0.1) is 0 Å². The molecule has 0 aliphatic carbocycles. The second-order valence-corrected chi connectivity index (χ2v) is 6.06. The molecule has 4 rings (SSSR count). The van der Waals surface area contributed by atoms with Gasteiger partial charge < -0.3 is 23.9 Å². The Morgan fingerprint density at radius 2 is 1.79 bits per heavy atom. The lowest BCUT2D eigenvalue weighted by Crippen LogP contribution is -2.17. The lowest BCUT2D eigenvalue weighted by atomic mass is 10.2. The van der Waals surface area contributed by atoms with Crippen LogP contribution in [0.5, 0.6) is 17.2 Å². The van der Waals surface area contributed by atoms with E-state index in [4.69, 9.17) is 18.6 Å². The van der Waals surface area contributed by atoms with Crippen LogP contribution in [0.3, 0.4) is 0 Å². The van der Waals surface area contributed by atoms with Crippen molar-refractivity contribution in [3.63, 3.8) is 0 Å². The standard InChI is InChI=1S/C21H17NO6/c23-16-11-19(28-13-20(16)27-12-14-4-2-1-3-5-14)21(24)22-15-6-7-17-18(10-15)26-9-8-25-17/h1-7,10-11,13H,8-9,12H2,(H,22,24). The van der Waals surface area contributed by atoms with Gasteiger partial charge in [-0.1, -0.05) is 30.3 Å². The van der Waals surface area contributed by atoms with Crippen molar-refractivity contribution in [2.45, 2.75) is 6.61 Å². The van der Waals surface area contributed by atoms with Gasteiger partial charge in [0.05, 0.1) is 0 Å². The predicted octanol–water partition coefficient (Wildman–Crippen LogP) is 3.24. The molecular formula is C21H17NO6. The Morgan fingerprint density at radius 1 is 1.00 bits per heavy atom. The lowest BCUT2D eigenvalue weighted by Gasteiger charge is -2.18. The highest BCUT2D eigenvalue weighted by molar-refractivity contribution is 6.02. The first kappa shape index (κ1) is 17.7. The number of benzene rings is 2. The number of hydrogen-bond donors (Lipinski definition) is 1. The molecule has 1 aromatic heterocycles. The molecule has 0 saturated carbocycles. The fraction of sp³-hybridized carbons (Fsp3) is 0.143. The van der Waals surface area contributed by atoms with Crippen LogP contribution >= 0.6 is 0 Å². The van der Waals surface area contributed by atoms with Gasteiger partial charge in [-0.2, -0.15) is 0 Å². The number of hydrogen-bond acceptors (Lipinski definition) is 6. The van der Waals surface area contributed by atoms with E-state index in [1.54, 1.807) is 18.2 Å². The average molecular weight is 379 g/mol. The molecule has 7 heteroatoms. The van der Waals surface area contributed by atoms with Gasteiger partial charge in [-0.15, -0.1) is 0 Å². The van der Waals surface area contributed by atoms with Crippen molar-refractivity contribution in [1.82, 2.24) is 0 Å². The Bertz CT molecular complexity index is 1040. The van der Waals surface area contributed by atoms with Crippen LogP contribution in [0.1, 0.15) is 16.1 Å². The summed E-state index contributed by atoms with van der Waals surface area (Å²) in [5, 5.41) is 2.66. The molecule has 0 unspecified atom stereocenters. The van der Waals surface area contributed by atoms with Gasteiger partial charge in [0.1, 0.15) is 26.1 Å². The monoisotopic (exact) mass is 379 g/mol. The molecule has 0 bridgehead atoms. The Labute approximate surface area is 160 Å². The summed E-state index contributed by atoms with van der Waals surface area (Å²) in [7, 11) is 0. The van der Waals surface area contributed by atoms with Gasteiger partial charge in [0.15, 0.2) is 17.3 Å². The van der Waals surface area contributed by atoms with Crippen molar-refractivity contribution in [2.24, 2.45) is 0 Å². The first-order valence-electron chi connectivity index (χ1n) is 8.69. The summed E-state index contributed by atoms with van der Waals surface area (Å²) in [5.74, 6) is 0.543. The summed E-state index contributed by atoms with van der Waals surface area (Å²) in [4.78, 5) is 24.6. The fourth-order valence-electron chi connectivity index (χ4n) is 2.67. The van der Waals surface area contributed by atoms with E-state index in [9.17, 15) is 9.59 Å². The molecule has 1 amide bonds. The fourth-order valence-corrected chi connectivity index (χ4v) is 2.67. The molecule has 0 spiro atoms. The number of amides is 1. The quantitative estimate of drug-likeness (QED) is 0.732. The first-order valence-corrected chi connectivity index (χ1v) is 8.69. The molecular weight excluding hydrogens is 362 g/mol. The maximum Gasteiger partial charge on any atom is 0.291 e. The van der Waals surface area contributed by atoms with Gasteiger partial charge in [0, 0.05) is 17.8 Å². The molecule has 1 aliphatic heterocycles. The Morgan fingerprint density at radius 3 is 2.57 bits per heavy atom. The highest BCUT2D eigenvalue weighted by Crippen LogP contribution is 2.32. The zero-order chi connectivity index (χ0) is 19.3. The summed E-state index contributed by atoms with van der Waals surface area (Å²) >= 11 is 0. The van der Waals surface area contributed by atoms with Gasteiger partial charge in [-0.25, -0.2) is 0 Å². The Balaban J connectivity index is 1.43. The smallest absolute Gasteiger partial charge is 0.291 e. The molecule has 3 aromatic rings. The van der Waals surface area contributed by atoms with Gasteiger partial charge in [-0.3, -0.25) is 9.59 Å². The van der Waals surface area contributed by atoms with E-state index >= 15 is 0 Å². The lowest BCUT2D eigenvalue weighted by molar-refractivity contribution is 0.0993.